The summed E-state index contributed by atoms with van der Waals surface area (Å²) in [6.45, 7) is 0.529. The Morgan fingerprint density at radius 1 is 1.45 bits per heavy atom. The predicted molar refractivity (Wildman–Crippen MR) is 84.5 cm³/mol. The highest BCUT2D eigenvalue weighted by Gasteiger charge is 2.27. The highest BCUT2D eigenvalue weighted by molar-refractivity contribution is 14.0. The van der Waals surface area contributed by atoms with Crippen molar-refractivity contribution < 1.29 is 13.5 Å². The van der Waals surface area contributed by atoms with Gasteiger partial charge in [-0.3, -0.25) is 0 Å². The van der Waals surface area contributed by atoms with Crippen molar-refractivity contribution in [3.63, 3.8) is 0 Å². The minimum atomic E-state index is -0.716. The summed E-state index contributed by atoms with van der Waals surface area (Å²) in [5, 5.41) is 0. The zero-order valence-electron chi connectivity index (χ0n) is 11.2. The van der Waals surface area contributed by atoms with Crippen molar-refractivity contribution in [3.05, 3.63) is 29.8 Å². The summed E-state index contributed by atoms with van der Waals surface area (Å²) in [4.78, 5) is 6.08. The Kier molecular flexibility index (Phi) is 6.44. The Hall–Kier alpha value is -1.12. The van der Waals surface area contributed by atoms with Crippen LogP contribution in [0.1, 0.15) is 12.8 Å². The van der Waals surface area contributed by atoms with Gasteiger partial charge in [-0.05, 0) is 25.0 Å². The summed E-state index contributed by atoms with van der Waals surface area (Å²) in [5.74, 6) is -0.860. The van der Waals surface area contributed by atoms with Crippen molar-refractivity contribution in [2.24, 2.45) is 10.7 Å². The Labute approximate surface area is 134 Å². The maximum absolute atomic E-state index is 13.2. The molecule has 1 aliphatic carbocycles. The first-order valence-corrected chi connectivity index (χ1v) is 6.18. The first-order valence-electron chi connectivity index (χ1n) is 6.18. The summed E-state index contributed by atoms with van der Waals surface area (Å²) < 4.78 is 31.1. The molecular weight excluding hydrogens is 379 g/mol. The minimum absolute atomic E-state index is 0. The molecular formula is C13H18F2IN3O. The molecule has 0 aromatic heterocycles. The quantitative estimate of drug-likeness (QED) is 0.359. The number of halogens is 3. The highest BCUT2D eigenvalue weighted by Crippen LogP contribution is 2.24. The van der Waals surface area contributed by atoms with E-state index in [9.17, 15) is 8.78 Å². The van der Waals surface area contributed by atoms with Gasteiger partial charge >= 0.3 is 0 Å². The van der Waals surface area contributed by atoms with Crippen LogP contribution in [0.3, 0.4) is 0 Å². The average Bonchev–Trinajstić information content (AvgIpc) is 3.19. The van der Waals surface area contributed by atoms with Crippen LogP contribution in [0.2, 0.25) is 0 Å². The molecule has 1 aliphatic rings. The Morgan fingerprint density at radius 3 is 2.75 bits per heavy atom. The summed E-state index contributed by atoms with van der Waals surface area (Å²) in [6.07, 6.45) is 2.29. The Balaban J connectivity index is 0.00000200. The molecule has 0 atom stereocenters. The summed E-state index contributed by atoms with van der Waals surface area (Å²) >= 11 is 0. The topological polar surface area (TPSA) is 50.8 Å². The van der Waals surface area contributed by atoms with Gasteiger partial charge in [0, 0.05) is 19.2 Å². The molecule has 20 heavy (non-hydrogen) atoms. The predicted octanol–water partition coefficient (Wildman–Crippen LogP) is 2.37. The molecule has 0 spiro atoms. The van der Waals surface area contributed by atoms with Gasteiger partial charge in [-0.25, -0.2) is 13.8 Å². The van der Waals surface area contributed by atoms with E-state index in [1.807, 2.05) is 11.9 Å². The lowest BCUT2D eigenvalue weighted by molar-refractivity contribution is 0.309. The second-order valence-corrected chi connectivity index (χ2v) is 4.51. The Bertz CT molecular complexity index is 481. The molecule has 0 aliphatic heterocycles. The molecule has 1 aromatic carbocycles. The van der Waals surface area contributed by atoms with Crippen molar-refractivity contribution in [3.8, 4) is 5.75 Å². The average molecular weight is 397 g/mol. The molecule has 0 amide bonds. The molecule has 0 radical (unpaired) electrons. The van der Waals surface area contributed by atoms with Crippen LogP contribution in [-0.2, 0) is 0 Å². The first-order chi connectivity index (χ1) is 9.08. The SMILES string of the molecule is CN(C(N)=NCCOc1ccc(F)cc1F)C1CC1.I. The van der Waals surface area contributed by atoms with E-state index in [-0.39, 0.29) is 36.3 Å². The van der Waals surface area contributed by atoms with Crippen LogP contribution in [0, 0.1) is 11.6 Å². The van der Waals surface area contributed by atoms with Gasteiger partial charge in [0.2, 0.25) is 0 Å². The van der Waals surface area contributed by atoms with Crippen LogP contribution < -0.4 is 10.5 Å². The normalized spacial score (nSPS) is 14.7. The number of nitrogens with two attached hydrogens (primary N) is 1. The van der Waals surface area contributed by atoms with Crippen molar-refractivity contribution in [1.29, 1.82) is 0 Å². The monoisotopic (exact) mass is 397 g/mol. The largest absolute Gasteiger partial charge is 0.489 e. The number of ether oxygens (including phenoxy) is 1. The second kappa shape index (κ2) is 7.61. The number of rotatable bonds is 5. The lowest BCUT2D eigenvalue weighted by atomic mass is 10.3. The van der Waals surface area contributed by atoms with Crippen LogP contribution >= 0.6 is 24.0 Å². The zero-order valence-corrected chi connectivity index (χ0v) is 13.5. The van der Waals surface area contributed by atoms with Gasteiger partial charge in [-0.1, -0.05) is 0 Å². The van der Waals surface area contributed by atoms with Gasteiger partial charge < -0.3 is 15.4 Å². The molecule has 2 rings (SSSR count). The molecule has 0 heterocycles. The number of hydrogen-bond acceptors (Lipinski definition) is 2. The third-order valence-electron chi connectivity index (χ3n) is 2.97. The lowest BCUT2D eigenvalue weighted by Crippen LogP contribution is -2.36. The molecule has 7 heteroatoms. The maximum atomic E-state index is 13.2. The van der Waals surface area contributed by atoms with Crippen LogP contribution in [0.25, 0.3) is 0 Å². The third-order valence-corrected chi connectivity index (χ3v) is 2.97. The number of hydrogen-bond donors (Lipinski definition) is 1. The van der Waals surface area contributed by atoms with Crippen molar-refractivity contribution in [2.75, 3.05) is 20.2 Å². The molecule has 1 saturated carbocycles. The van der Waals surface area contributed by atoms with Crippen molar-refractivity contribution >= 4 is 29.9 Å². The molecule has 0 saturated heterocycles. The highest BCUT2D eigenvalue weighted by atomic mass is 127. The fraction of sp³-hybridized carbons (Fsp3) is 0.462. The lowest BCUT2D eigenvalue weighted by Gasteiger charge is -2.16. The summed E-state index contributed by atoms with van der Waals surface area (Å²) in [5.41, 5.74) is 5.78. The van der Waals surface area contributed by atoms with Crippen LogP contribution in [0.5, 0.6) is 5.75 Å². The fourth-order valence-corrected chi connectivity index (χ4v) is 1.67. The van der Waals surface area contributed by atoms with E-state index in [1.54, 1.807) is 0 Å². The van der Waals surface area contributed by atoms with E-state index in [2.05, 4.69) is 4.99 Å². The van der Waals surface area contributed by atoms with Crippen LogP contribution in [0.4, 0.5) is 8.78 Å². The zero-order chi connectivity index (χ0) is 13.8. The van der Waals surface area contributed by atoms with Gasteiger partial charge in [0.25, 0.3) is 0 Å². The van der Waals surface area contributed by atoms with Gasteiger partial charge in [-0.15, -0.1) is 24.0 Å². The standard InChI is InChI=1S/C13H17F2N3O.HI/c1-18(10-3-4-10)13(16)17-6-7-19-12-5-2-9(14)8-11(12)15;/h2,5,8,10H,3-4,6-7H2,1H3,(H2,16,17);1H. The maximum Gasteiger partial charge on any atom is 0.191 e. The van der Waals surface area contributed by atoms with Gasteiger partial charge in [0.15, 0.2) is 17.5 Å². The summed E-state index contributed by atoms with van der Waals surface area (Å²) in [7, 11) is 1.90. The molecule has 112 valence electrons. The number of aliphatic imine (C=N–C) groups is 1. The molecule has 4 nitrogen and oxygen atoms in total. The smallest absolute Gasteiger partial charge is 0.191 e. The van der Waals surface area contributed by atoms with Crippen LogP contribution in [-0.4, -0.2) is 37.1 Å². The summed E-state index contributed by atoms with van der Waals surface area (Å²) in [6, 6.07) is 3.69. The molecule has 2 N–H and O–H groups in total. The van der Waals surface area contributed by atoms with E-state index in [0.717, 1.165) is 25.0 Å². The molecule has 1 fully saturated rings. The minimum Gasteiger partial charge on any atom is -0.489 e. The Morgan fingerprint density at radius 2 is 2.15 bits per heavy atom. The second-order valence-electron chi connectivity index (χ2n) is 4.51. The van der Waals surface area contributed by atoms with Crippen molar-refractivity contribution in [2.45, 2.75) is 18.9 Å². The molecule has 0 bridgehead atoms. The molecule has 1 aromatic rings. The van der Waals surface area contributed by atoms with Gasteiger partial charge in [0.1, 0.15) is 12.4 Å². The number of guanidine groups is 1. The van der Waals surface area contributed by atoms with Gasteiger partial charge in [-0.2, -0.15) is 0 Å². The number of nitrogens with zero attached hydrogens (tertiary/aromatic N) is 2. The molecule has 0 unspecified atom stereocenters. The third kappa shape index (κ3) is 4.77. The van der Waals surface area contributed by atoms with Crippen LogP contribution in [0.15, 0.2) is 23.2 Å². The number of benzene rings is 1. The first kappa shape index (κ1) is 16.9. The van der Waals surface area contributed by atoms with Gasteiger partial charge in [0.05, 0.1) is 6.54 Å². The van der Waals surface area contributed by atoms with E-state index >= 15 is 0 Å². The van der Waals surface area contributed by atoms with E-state index in [0.29, 0.717) is 18.5 Å². The fourth-order valence-electron chi connectivity index (χ4n) is 1.67. The van der Waals surface area contributed by atoms with E-state index in [4.69, 9.17) is 10.5 Å². The van der Waals surface area contributed by atoms with E-state index < -0.39 is 11.6 Å². The van der Waals surface area contributed by atoms with Crippen molar-refractivity contribution in [1.82, 2.24) is 4.90 Å². The van der Waals surface area contributed by atoms with E-state index in [1.165, 1.54) is 6.07 Å².